The van der Waals surface area contributed by atoms with E-state index in [-0.39, 0.29) is 0 Å². The first-order valence-electron chi connectivity index (χ1n) is 8.52. The number of hydrogen-bond donors (Lipinski definition) is 2. The molecule has 0 saturated carbocycles. The topological polar surface area (TPSA) is 69.7 Å². The third kappa shape index (κ3) is 2.51. The van der Waals surface area contributed by atoms with E-state index in [4.69, 9.17) is 0 Å². The van der Waals surface area contributed by atoms with Gasteiger partial charge >= 0.3 is 0 Å². The van der Waals surface area contributed by atoms with Gasteiger partial charge in [0.2, 0.25) is 0 Å². The number of hydrogen-bond acceptors (Lipinski definition) is 5. The molecule has 1 aliphatic rings. The fraction of sp³-hybridized carbons (Fsp3) is 0.211. The van der Waals surface area contributed by atoms with Gasteiger partial charge in [0.15, 0.2) is 0 Å². The van der Waals surface area contributed by atoms with E-state index in [1.54, 1.807) is 6.20 Å². The molecule has 5 rings (SSSR count). The summed E-state index contributed by atoms with van der Waals surface area (Å²) in [5.74, 6) is 0. The summed E-state index contributed by atoms with van der Waals surface area (Å²) in [5.41, 5.74) is 5.03. The average molecular weight is 330 g/mol. The summed E-state index contributed by atoms with van der Waals surface area (Å²) in [6.45, 7) is 4.05. The number of nitrogens with one attached hydrogen (secondary N) is 2. The summed E-state index contributed by atoms with van der Waals surface area (Å²) in [7, 11) is 0. The Labute approximate surface area is 144 Å². The molecule has 0 atom stereocenters. The van der Waals surface area contributed by atoms with E-state index in [1.807, 2.05) is 30.7 Å². The smallest absolute Gasteiger partial charge is 0.138 e. The van der Waals surface area contributed by atoms with Crippen molar-refractivity contribution in [1.82, 2.24) is 25.3 Å². The van der Waals surface area contributed by atoms with Crippen LogP contribution in [0.1, 0.15) is 0 Å². The number of piperazine rings is 1. The molecule has 0 amide bonds. The molecule has 1 aliphatic heterocycles. The Bertz CT molecular complexity index is 1030. The Morgan fingerprint density at radius 2 is 1.88 bits per heavy atom. The third-order valence-electron chi connectivity index (χ3n) is 4.76. The van der Waals surface area contributed by atoms with Crippen LogP contribution in [-0.4, -0.2) is 46.1 Å². The third-order valence-corrected chi connectivity index (χ3v) is 4.76. The van der Waals surface area contributed by atoms with Crippen LogP contribution in [0.2, 0.25) is 0 Å². The first-order chi connectivity index (χ1) is 12.4. The van der Waals surface area contributed by atoms with Crippen molar-refractivity contribution in [3.63, 3.8) is 0 Å². The molecule has 25 heavy (non-hydrogen) atoms. The average Bonchev–Trinajstić information content (AvgIpc) is 3.06. The van der Waals surface area contributed by atoms with E-state index in [1.165, 1.54) is 5.69 Å². The van der Waals surface area contributed by atoms with Crippen molar-refractivity contribution in [3.05, 3.63) is 49.1 Å². The van der Waals surface area contributed by atoms with Gasteiger partial charge in [-0.2, -0.15) is 0 Å². The van der Waals surface area contributed by atoms with Crippen LogP contribution in [0.25, 0.3) is 33.2 Å². The first-order valence-corrected chi connectivity index (χ1v) is 8.52. The molecule has 4 aromatic rings. The summed E-state index contributed by atoms with van der Waals surface area (Å²) >= 11 is 0. The van der Waals surface area contributed by atoms with E-state index in [9.17, 15) is 0 Å². The SMILES string of the molecule is c1cncc(-c2cc3c(cn2)[nH]c2ncc(N4CCNCC4)cc23)c1. The van der Waals surface area contributed by atoms with Crippen LogP contribution in [0.4, 0.5) is 5.69 Å². The largest absolute Gasteiger partial charge is 0.368 e. The molecular formula is C19H18N6. The Hall–Kier alpha value is -2.99. The van der Waals surface area contributed by atoms with Gasteiger partial charge < -0.3 is 15.2 Å². The van der Waals surface area contributed by atoms with Gasteiger partial charge in [0, 0.05) is 54.9 Å². The van der Waals surface area contributed by atoms with Crippen LogP contribution >= 0.6 is 0 Å². The monoisotopic (exact) mass is 330 g/mol. The molecule has 0 radical (unpaired) electrons. The molecular weight excluding hydrogens is 312 g/mol. The van der Waals surface area contributed by atoms with Gasteiger partial charge in [0.05, 0.1) is 29.3 Å². The molecule has 2 N–H and O–H groups in total. The number of anilines is 1. The highest BCUT2D eigenvalue weighted by atomic mass is 15.2. The van der Waals surface area contributed by atoms with Crippen molar-refractivity contribution >= 4 is 27.6 Å². The maximum Gasteiger partial charge on any atom is 0.138 e. The quantitative estimate of drug-likeness (QED) is 0.591. The number of aromatic nitrogens is 4. The second-order valence-electron chi connectivity index (χ2n) is 6.31. The van der Waals surface area contributed by atoms with Gasteiger partial charge in [-0.1, -0.05) is 0 Å². The first kappa shape index (κ1) is 14.4. The molecule has 124 valence electrons. The summed E-state index contributed by atoms with van der Waals surface area (Å²) in [5, 5.41) is 5.67. The predicted molar refractivity (Wildman–Crippen MR) is 99.7 cm³/mol. The van der Waals surface area contributed by atoms with Crippen molar-refractivity contribution in [3.8, 4) is 11.3 Å². The molecule has 1 saturated heterocycles. The van der Waals surface area contributed by atoms with Crippen molar-refractivity contribution in [2.24, 2.45) is 0 Å². The van der Waals surface area contributed by atoms with Crippen LogP contribution in [0.5, 0.6) is 0 Å². The number of aromatic amines is 1. The standard InChI is InChI=1S/C19H18N6/c1-2-13(10-21-3-1)17-9-15-16-8-14(25-6-4-20-5-7-25)11-23-19(16)24-18(15)12-22-17/h1-3,8-12,20H,4-7H2,(H,23,24). The Morgan fingerprint density at radius 3 is 2.72 bits per heavy atom. The fourth-order valence-electron chi connectivity index (χ4n) is 3.43. The van der Waals surface area contributed by atoms with Crippen LogP contribution in [0.15, 0.2) is 49.1 Å². The summed E-state index contributed by atoms with van der Waals surface area (Å²) < 4.78 is 0. The molecule has 1 fully saturated rings. The number of pyridine rings is 3. The lowest BCUT2D eigenvalue weighted by Gasteiger charge is -2.29. The summed E-state index contributed by atoms with van der Waals surface area (Å²) in [6, 6.07) is 8.31. The minimum absolute atomic E-state index is 0.902. The van der Waals surface area contributed by atoms with E-state index in [0.29, 0.717) is 0 Å². The van der Waals surface area contributed by atoms with Gasteiger partial charge in [-0.15, -0.1) is 0 Å². The van der Waals surface area contributed by atoms with E-state index < -0.39 is 0 Å². The van der Waals surface area contributed by atoms with Crippen molar-refractivity contribution in [2.75, 3.05) is 31.1 Å². The molecule has 0 bridgehead atoms. The number of H-pyrrole nitrogens is 1. The summed E-state index contributed by atoms with van der Waals surface area (Å²) in [4.78, 5) is 19.1. The van der Waals surface area contributed by atoms with Crippen LogP contribution < -0.4 is 10.2 Å². The number of fused-ring (bicyclic) bond motifs is 3. The Kier molecular flexibility index (Phi) is 3.34. The van der Waals surface area contributed by atoms with Crippen LogP contribution in [-0.2, 0) is 0 Å². The van der Waals surface area contributed by atoms with Crippen LogP contribution in [0, 0.1) is 0 Å². The van der Waals surface area contributed by atoms with Crippen molar-refractivity contribution in [2.45, 2.75) is 0 Å². The zero-order valence-corrected chi connectivity index (χ0v) is 13.7. The van der Waals surface area contributed by atoms with E-state index >= 15 is 0 Å². The van der Waals surface area contributed by atoms with Crippen molar-refractivity contribution < 1.29 is 0 Å². The highest BCUT2D eigenvalue weighted by Gasteiger charge is 2.14. The Morgan fingerprint density at radius 1 is 0.960 bits per heavy atom. The van der Waals surface area contributed by atoms with Gasteiger partial charge in [-0.25, -0.2) is 4.98 Å². The molecule has 6 nitrogen and oxygen atoms in total. The predicted octanol–water partition coefficient (Wildman–Crippen LogP) is 2.58. The molecule has 4 aromatic heterocycles. The summed E-state index contributed by atoms with van der Waals surface area (Å²) in [6.07, 6.45) is 7.45. The number of nitrogens with zero attached hydrogens (tertiary/aromatic N) is 4. The van der Waals surface area contributed by atoms with E-state index in [0.717, 1.165) is 59.4 Å². The molecule has 0 unspecified atom stereocenters. The normalized spacial score (nSPS) is 15.1. The van der Waals surface area contributed by atoms with Gasteiger partial charge in [0.1, 0.15) is 5.65 Å². The molecule has 6 heteroatoms. The van der Waals surface area contributed by atoms with E-state index in [2.05, 4.69) is 42.3 Å². The highest BCUT2D eigenvalue weighted by Crippen LogP contribution is 2.30. The fourth-order valence-corrected chi connectivity index (χ4v) is 3.43. The maximum absolute atomic E-state index is 4.64. The zero-order chi connectivity index (χ0) is 16.6. The minimum atomic E-state index is 0.902. The second-order valence-corrected chi connectivity index (χ2v) is 6.31. The highest BCUT2D eigenvalue weighted by molar-refractivity contribution is 6.07. The van der Waals surface area contributed by atoms with Crippen LogP contribution in [0.3, 0.4) is 0 Å². The molecule has 0 aromatic carbocycles. The maximum atomic E-state index is 4.64. The Balaban J connectivity index is 1.65. The lowest BCUT2D eigenvalue weighted by Crippen LogP contribution is -2.43. The molecule has 0 spiro atoms. The lowest BCUT2D eigenvalue weighted by molar-refractivity contribution is 0.589. The van der Waals surface area contributed by atoms with Gasteiger partial charge in [0.25, 0.3) is 0 Å². The second kappa shape index (κ2) is 5.82. The lowest BCUT2D eigenvalue weighted by atomic mass is 10.1. The van der Waals surface area contributed by atoms with Gasteiger partial charge in [-0.3, -0.25) is 9.97 Å². The van der Waals surface area contributed by atoms with Gasteiger partial charge in [-0.05, 0) is 24.3 Å². The minimum Gasteiger partial charge on any atom is -0.368 e. The number of rotatable bonds is 2. The molecule has 0 aliphatic carbocycles. The zero-order valence-electron chi connectivity index (χ0n) is 13.7. The molecule has 5 heterocycles. The van der Waals surface area contributed by atoms with Crippen molar-refractivity contribution in [1.29, 1.82) is 0 Å².